The average molecular weight is 187 g/mol. The first-order valence-electron chi connectivity index (χ1n) is 4.85. The van der Waals surface area contributed by atoms with Crippen LogP contribution in [0.2, 0.25) is 0 Å². The van der Waals surface area contributed by atoms with Crippen LogP contribution in [0.5, 0.6) is 0 Å². The fraction of sp³-hybridized carbons (Fsp3) is 0.250. The van der Waals surface area contributed by atoms with Crippen LogP contribution >= 0.6 is 0 Å². The summed E-state index contributed by atoms with van der Waals surface area (Å²) in [7, 11) is 0. The predicted octanol–water partition coefficient (Wildman–Crippen LogP) is 2.23. The number of nitrogens with zero attached hydrogens (tertiary/aromatic N) is 1. The molecule has 1 atom stereocenters. The Kier molecular flexibility index (Phi) is 2.35. The largest absolute Gasteiger partial charge is 0.364 e. The lowest BCUT2D eigenvalue weighted by atomic mass is 9.97. The van der Waals surface area contributed by atoms with Gasteiger partial charge in [-0.25, -0.2) is 0 Å². The summed E-state index contributed by atoms with van der Waals surface area (Å²) < 4.78 is 0. The van der Waals surface area contributed by atoms with Gasteiger partial charge >= 0.3 is 0 Å². The molecule has 1 aliphatic heterocycles. The fourth-order valence-corrected chi connectivity index (χ4v) is 1.83. The number of likely N-dealkylation sites (N-methyl/N-ethyl adjacent to an activating group) is 1. The standard InChI is InChI=1S/C12H13NO/c1-2-13-8-7-10-5-3-4-6-11(10)12(13)9-14/h3-9,12H,2H2,1H3. The molecular weight excluding hydrogens is 174 g/mol. The Morgan fingerprint density at radius 1 is 1.43 bits per heavy atom. The minimum absolute atomic E-state index is 0.110. The molecule has 0 aromatic heterocycles. The summed E-state index contributed by atoms with van der Waals surface area (Å²) in [5, 5.41) is 0. The Labute approximate surface area is 83.8 Å². The number of fused-ring (bicyclic) bond motifs is 1. The molecule has 1 heterocycles. The summed E-state index contributed by atoms with van der Waals surface area (Å²) in [6.45, 7) is 2.91. The van der Waals surface area contributed by atoms with Crippen LogP contribution < -0.4 is 0 Å². The van der Waals surface area contributed by atoms with E-state index in [-0.39, 0.29) is 6.04 Å². The average Bonchev–Trinajstić information content (AvgIpc) is 2.27. The Morgan fingerprint density at radius 2 is 2.21 bits per heavy atom. The minimum atomic E-state index is -0.110. The van der Waals surface area contributed by atoms with E-state index in [0.29, 0.717) is 0 Å². The summed E-state index contributed by atoms with van der Waals surface area (Å²) in [5.41, 5.74) is 2.25. The van der Waals surface area contributed by atoms with Gasteiger partial charge in [0, 0.05) is 12.7 Å². The predicted molar refractivity (Wildman–Crippen MR) is 56.7 cm³/mol. The van der Waals surface area contributed by atoms with Gasteiger partial charge in [-0.15, -0.1) is 0 Å². The molecule has 0 saturated heterocycles. The smallest absolute Gasteiger partial charge is 0.146 e. The second-order valence-corrected chi connectivity index (χ2v) is 3.36. The van der Waals surface area contributed by atoms with Crippen molar-refractivity contribution < 1.29 is 4.79 Å². The monoisotopic (exact) mass is 187 g/mol. The van der Waals surface area contributed by atoms with Gasteiger partial charge in [-0.1, -0.05) is 24.3 Å². The van der Waals surface area contributed by atoms with Crippen molar-refractivity contribution in [2.75, 3.05) is 6.54 Å². The highest BCUT2D eigenvalue weighted by atomic mass is 16.1. The van der Waals surface area contributed by atoms with Crippen molar-refractivity contribution >= 4 is 12.4 Å². The third kappa shape index (κ3) is 1.33. The summed E-state index contributed by atoms with van der Waals surface area (Å²) in [5.74, 6) is 0. The number of rotatable bonds is 2. The van der Waals surface area contributed by atoms with E-state index < -0.39 is 0 Å². The lowest BCUT2D eigenvalue weighted by Crippen LogP contribution is -2.27. The molecule has 2 rings (SSSR count). The first-order valence-corrected chi connectivity index (χ1v) is 4.85. The van der Waals surface area contributed by atoms with Crippen LogP contribution in [0, 0.1) is 0 Å². The zero-order valence-electron chi connectivity index (χ0n) is 8.18. The van der Waals surface area contributed by atoms with Gasteiger partial charge in [-0.05, 0) is 24.1 Å². The van der Waals surface area contributed by atoms with Crippen LogP contribution in [0.25, 0.3) is 6.08 Å². The highest BCUT2D eigenvalue weighted by Gasteiger charge is 2.20. The number of hydrogen-bond acceptors (Lipinski definition) is 2. The van der Waals surface area contributed by atoms with E-state index in [9.17, 15) is 4.79 Å². The molecule has 1 aromatic carbocycles. The van der Waals surface area contributed by atoms with Crippen LogP contribution in [0.4, 0.5) is 0 Å². The molecule has 72 valence electrons. The van der Waals surface area contributed by atoms with Gasteiger partial charge in [0.15, 0.2) is 0 Å². The highest BCUT2D eigenvalue weighted by molar-refractivity contribution is 5.69. The molecule has 2 nitrogen and oxygen atoms in total. The van der Waals surface area contributed by atoms with Crippen molar-refractivity contribution in [3.8, 4) is 0 Å². The van der Waals surface area contributed by atoms with Crippen molar-refractivity contribution in [2.45, 2.75) is 13.0 Å². The van der Waals surface area contributed by atoms with Gasteiger partial charge in [-0.3, -0.25) is 0 Å². The Hall–Kier alpha value is -1.57. The quantitative estimate of drug-likeness (QED) is 0.662. The number of hydrogen-bond donors (Lipinski definition) is 0. The molecule has 0 spiro atoms. The third-order valence-corrected chi connectivity index (χ3v) is 2.61. The van der Waals surface area contributed by atoms with Gasteiger partial charge < -0.3 is 9.69 Å². The van der Waals surface area contributed by atoms with Gasteiger partial charge in [-0.2, -0.15) is 0 Å². The van der Waals surface area contributed by atoms with Crippen LogP contribution in [-0.2, 0) is 4.79 Å². The summed E-state index contributed by atoms with van der Waals surface area (Å²) in [4.78, 5) is 13.1. The normalized spacial score (nSPS) is 19.2. The van der Waals surface area contributed by atoms with Crippen molar-refractivity contribution in [1.29, 1.82) is 0 Å². The molecule has 0 amide bonds. The molecule has 1 aliphatic rings. The van der Waals surface area contributed by atoms with E-state index in [4.69, 9.17) is 0 Å². The second kappa shape index (κ2) is 3.66. The maximum Gasteiger partial charge on any atom is 0.146 e. The second-order valence-electron chi connectivity index (χ2n) is 3.36. The molecule has 0 saturated carbocycles. The minimum Gasteiger partial charge on any atom is -0.364 e. The molecule has 0 bridgehead atoms. The molecule has 14 heavy (non-hydrogen) atoms. The van der Waals surface area contributed by atoms with Gasteiger partial charge in [0.2, 0.25) is 0 Å². The van der Waals surface area contributed by atoms with Gasteiger partial charge in [0.25, 0.3) is 0 Å². The third-order valence-electron chi connectivity index (χ3n) is 2.61. The van der Waals surface area contributed by atoms with Crippen LogP contribution in [0.15, 0.2) is 30.5 Å². The molecule has 0 aliphatic carbocycles. The molecular formula is C12H13NO. The molecule has 0 N–H and O–H groups in total. The molecule has 1 unspecified atom stereocenters. The first kappa shape index (κ1) is 9.00. The maximum absolute atomic E-state index is 11.0. The van der Waals surface area contributed by atoms with Crippen LogP contribution in [0.3, 0.4) is 0 Å². The Bertz CT molecular complexity index is 370. The molecule has 2 heteroatoms. The SMILES string of the molecule is CCN1C=Cc2ccccc2C1C=O. The summed E-state index contributed by atoms with van der Waals surface area (Å²) in [6, 6.07) is 7.91. The van der Waals surface area contributed by atoms with E-state index in [2.05, 4.69) is 13.0 Å². The van der Waals surface area contributed by atoms with E-state index in [1.54, 1.807) is 0 Å². The number of aldehydes is 1. The van der Waals surface area contributed by atoms with Crippen molar-refractivity contribution in [1.82, 2.24) is 4.90 Å². The molecule has 0 radical (unpaired) electrons. The zero-order chi connectivity index (χ0) is 9.97. The van der Waals surface area contributed by atoms with Gasteiger partial charge in [0.05, 0.1) is 0 Å². The lowest BCUT2D eigenvalue weighted by molar-refractivity contribution is -0.111. The van der Waals surface area contributed by atoms with E-state index in [1.165, 1.54) is 0 Å². The highest BCUT2D eigenvalue weighted by Crippen LogP contribution is 2.27. The van der Waals surface area contributed by atoms with Crippen LogP contribution in [-0.4, -0.2) is 17.7 Å². The Balaban J connectivity index is 2.46. The van der Waals surface area contributed by atoms with Gasteiger partial charge in [0.1, 0.15) is 12.3 Å². The number of carbonyl (C=O) groups is 1. The van der Waals surface area contributed by atoms with Crippen molar-refractivity contribution in [3.63, 3.8) is 0 Å². The number of benzene rings is 1. The summed E-state index contributed by atoms with van der Waals surface area (Å²) >= 11 is 0. The summed E-state index contributed by atoms with van der Waals surface area (Å²) in [6.07, 6.45) is 5.05. The van der Waals surface area contributed by atoms with E-state index in [0.717, 1.165) is 24.0 Å². The zero-order valence-corrected chi connectivity index (χ0v) is 8.18. The molecule has 0 fully saturated rings. The fourth-order valence-electron chi connectivity index (χ4n) is 1.83. The van der Waals surface area contributed by atoms with Crippen molar-refractivity contribution in [2.24, 2.45) is 0 Å². The Morgan fingerprint density at radius 3 is 2.93 bits per heavy atom. The van der Waals surface area contributed by atoms with E-state index in [1.807, 2.05) is 35.4 Å². The van der Waals surface area contributed by atoms with Crippen LogP contribution in [0.1, 0.15) is 24.1 Å². The maximum atomic E-state index is 11.0. The van der Waals surface area contributed by atoms with E-state index >= 15 is 0 Å². The first-order chi connectivity index (χ1) is 6.86. The van der Waals surface area contributed by atoms with Crippen molar-refractivity contribution in [3.05, 3.63) is 41.6 Å². The number of carbonyl (C=O) groups excluding carboxylic acids is 1. The molecule has 1 aromatic rings. The lowest BCUT2D eigenvalue weighted by Gasteiger charge is -2.30. The topological polar surface area (TPSA) is 20.3 Å².